The average molecular weight is 692 g/mol. The lowest BCUT2D eigenvalue weighted by Crippen LogP contribution is -2.26. The third-order valence-electron chi connectivity index (χ3n) is 11.6. The molecule has 53 heavy (non-hydrogen) atoms. The van der Waals surface area contributed by atoms with Crippen molar-refractivity contribution < 1.29 is 0 Å². The van der Waals surface area contributed by atoms with Crippen LogP contribution in [0.15, 0.2) is 176 Å². The summed E-state index contributed by atoms with van der Waals surface area (Å²) in [5, 5.41) is 1.22. The van der Waals surface area contributed by atoms with Crippen LogP contribution in [0.25, 0.3) is 81.7 Å². The van der Waals surface area contributed by atoms with Gasteiger partial charge in [-0.05, 0) is 120 Å². The van der Waals surface area contributed by atoms with Gasteiger partial charge in [0.15, 0.2) is 0 Å². The fourth-order valence-electron chi connectivity index (χ4n) is 9.22. The zero-order valence-electron chi connectivity index (χ0n) is 28.5. The van der Waals surface area contributed by atoms with Crippen LogP contribution in [0.3, 0.4) is 0 Å². The lowest BCUT2D eigenvalue weighted by molar-refractivity contribution is 0.794. The van der Waals surface area contributed by atoms with Crippen LogP contribution >= 0.6 is 11.3 Å². The van der Waals surface area contributed by atoms with Gasteiger partial charge in [0.25, 0.3) is 0 Å². The van der Waals surface area contributed by atoms with E-state index in [0.717, 1.165) is 11.2 Å². The van der Waals surface area contributed by atoms with Gasteiger partial charge in [-0.15, -0.1) is 11.3 Å². The monoisotopic (exact) mass is 691 g/mol. The Hall–Kier alpha value is -6.62. The molecule has 0 aliphatic heterocycles. The quantitative estimate of drug-likeness (QED) is 0.185. The third kappa shape index (κ3) is 3.93. The van der Waals surface area contributed by atoms with Gasteiger partial charge >= 0.3 is 0 Å². The summed E-state index contributed by atoms with van der Waals surface area (Å²) >= 11 is 1.80. The molecule has 2 aliphatic carbocycles. The van der Waals surface area contributed by atoms with Crippen molar-refractivity contribution in [3.63, 3.8) is 0 Å². The predicted octanol–water partition coefficient (Wildman–Crippen LogP) is 12.4. The van der Waals surface area contributed by atoms with Crippen molar-refractivity contribution >= 4 is 37.4 Å². The van der Waals surface area contributed by atoms with Crippen molar-refractivity contribution in [1.29, 1.82) is 0 Å². The predicted molar refractivity (Wildman–Crippen MR) is 218 cm³/mol. The maximum Gasteiger partial charge on any atom is 0.138 e. The minimum absolute atomic E-state index is 0.422. The summed E-state index contributed by atoms with van der Waals surface area (Å²) in [5.74, 6) is 0. The Bertz CT molecular complexity index is 3070. The lowest BCUT2D eigenvalue weighted by atomic mass is 9.70. The van der Waals surface area contributed by atoms with Gasteiger partial charge in [0.05, 0.1) is 5.41 Å². The van der Waals surface area contributed by atoms with Gasteiger partial charge < -0.3 is 0 Å². The highest BCUT2D eigenvalue weighted by Gasteiger charge is 2.51. The molecule has 0 unspecified atom stereocenters. The molecule has 1 spiro atoms. The van der Waals surface area contributed by atoms with E-state index in [2.05, 4.69) is 173 Å². The van der Waals surface area contributed by atoms with E-state index in [1.165, 1.54) is 92.8 Å². The van der Waals surface area contributed by atoms with E-state index < -0.39 is 5.41 Å². The smallest absolute Gasteiger partial charge is 0.138 e. The molecule has 3 nitrogen and oxygen atoms in total. The first-order valence-electron chi connectivity index (χ1n) is 18.1. The molecule has 0 bridgehead atoms. The Morgan fingerprint density at radius 1 is 0.453 bits per heavy atom. The molecule has 4 aromatic heterocycles. The number of pyridine rings is 2. The summed E-state index contributed by atoms with van der Waals surface area (Å²) in [4.78, 5) is 10.5. The SMILES string of the molecule is c1ccc2c(c1)-c1ccccc1C21c2cc(-c3ccncc3)ccc2-c2ccc(-c3ccc(-c4ccc5nc6c7ccccc7sc6n5c4)cc3)cc21. The highest BCUT2D eigenvalue weighted by molar-refractivity contribution is 7.25. The first-order valence-corrected chi connectivity index (χ1v) is 18.9. The molecule has 4 heteroatoms. The molecule has 10 aromatic rings. The van der Waals surface area contributed by atoms with Crippen molar-refractivity contribution in [2.75, 3.05) is 0 Å². The molecular weight excluding hydrogens is 663 g/mol. The van der Waals surface area contributed by atoms with Crippen LogP contribution in [0.4, 0.5) is 0 Å². The number of fused-ring (bicyclic) bond motifs is 15. The molecule has 2 aliphatic rings. The van der Waals surface area contributed by atoms with Crippen molar-refractivity contribution in [3.05, 3.63) is 199 Å². The largest absolute Gasteiger partial charge is 0.290 e. The van der Waals surface area contributed by atoms with Gasteiger partial charge in [-0.1, -0.05) is 115 Å². The van der Waals surface area contributed by atoms with E-state index in [9.17, 15) is 0 Å². The summed E-state index contributed by atoms with van der Waals surface area (Å²) in [5.41, 5.74) is 19.4. The minimum atomic E-state index is -0.422. The van der Waals surface area contributed by atoms with Crippen molar-refractivity contribution in [2.24, 2.45) is 0 Å². The maximum atomic E-state index is 4.98. The van der Waals surface area contributed by atoms with Gasteiger partial charge in [-0.25, -0.2) is 4.98 Å². The topological polar surface area (TPSA) is 30.2 Å². The number of nitrogens with zero attached hydrogens (tertiary/aromatic N) is 3. The molecule has 0 fully saturated rings. The summed E-state index contributed by atoms with van der Waals surface area (Å²) < 4.78 is 3.52. The Morgan fingerprint density at radius 3 is 1.66 bits per heavy atom. The zero-order chi connectivity index (χ0) is 34.7. The number of hydrogen-bond acceptors (Lipinski definition) is 3. The van der Waals surface area contributed by atoms with Crippen molar-refractivity contribution in [1.82, 2.24) is 14.4 Å². The fraction of sp³-hybridized carbons (Fsp3) is 0.0204. The highest BCUT2D eigenvalue weighted by atomic mass is 32.1. The molecule has 0 saturated heterocycles. The molecule has 0 N–H and O–H groups in total. The second kappa shape index (κ2) is 10.7. The van der Waals surface area contributed by atoms with Crippen molar-refractivity contribution in [2.45, 2.75) is 5.41 Å². The lowest BCUT2D eigenvalue weighted by Gasteiger charge is -2.31. The molecule has 0 saturated carbocycles. The normalized spacial score (nSPS) is 13.4. The first kappa shape index (κ1) is 29.0. The fourth-order valence-corrected chi connectivity index (χ4v) is 10.3. The van der Waals surface area contributed by atoms with Crippen LogP contribution in [0.2, 0.25) is 0 Å². The summed E-state index contributed by atoms with van der Waals surface area (Å²) in [6, 6.07) is 58.3. The average Bonchev–Trinajstić information content (AvgIpc) is 3.95. The molecule has 6 aromatic carbocycles. The van der Waals surface area contributed by atoms with Crippen molar-refractivity contribution in [3.8, 4) is 55.6 Å². The van der Waals surface area contributed by atoms with Gasteiger partial charge in [0, 0.05) is 28.7 Å². The maximum absolute atomic E-state index is 4.98. The van der Waals surface area contributed by atoms with Gasteiger partial charge in [0.2, 0.25) is 0 Å². The summed E-state index contributed by atoms with van der Waals surface area (Å²) in [6.07, 6.45) is 6.00. The third-order valence-corrected chi connectivity index (χ3v) is 12.7. The number of benzene rings is 6. The molecule has 246 valence electrons. The molecule has 4 heterocycles. The zero-order valence-corrected chi connectivity index (χ0v) is 29.3. The number of thiophene rings is 1. The Balaban J connectivity index is 1.00. The summed E-state index contributed by atoms with van der Waals surface area (Å²) in [6.45, 7) is 0. The Labute approximate surface area is 310 Å². The van der Waals surface area contributed by atoms with Crippen LogP contribution < -0.4 is 0 Å². The molecular formula is C49H29N3S. The van der Waals surface area contributed by atoms with E-state index in [0.29, 0.717) is 0 Å². The standard InChI is InChI=1S/C49H29N3S/c1-4-10-41-36(7-1)37-8-2-5-11-42(37)49(41)43-27-33(17-20-38(43)39-21-18-34(28-44(39)49)32-23-25-50-26-24-32)30-13-15-31(16-14-30)35-19-22-46-51-47-40-9-3-6-12-45(40)53-48(47)52(46)29-35/h1-29H. The van der Waals surface area contributed by atoms with Gasteiger partial charge in [0.1, 0.15) is 16.0 Å². The number of hydrogen-bond donors (Lipinski definition) is 0. The highest BCUT2D eigenvalue weighted by Crippen LogP contribution is 2.63. The molecule has 0 radical (unpaired) electrons. The number of aromatic nitrogens is 3. The molecule has 0 atom stereocenters. The second-order valence-electron chi connectivity index (χ2n) is 14.2. The van der Waals surface area contributed by atoms with Crippen LogP contribution in [0, 0.1) is 0 Å². The Kier molecular flexibility index (Phi) is 5.86. The van der Waals surface area contributed by atoms with E-state index in [1.54, 1.807) is 11.3 Å². The van der Waals surface area contributed by atoms with E-state index in [1.807, 2.05) is 12.4 Å². The Morgan fingerprint density at radius 2 is 0.981 bits per heavy atom. The van der Waals surface area contributed by atoms with E-state index in [4.69, 9.17) is 4.98 Å². The number of rotatable bonds is 3. The van der Waals surface area contributed by atoms with Gasteiger partial charge in [-0.2, -0.15) is 0 Å². The summed E-state index contributed by atoms with van der Waals surface area (Å²) in [7, 11) is 0. The van der Waals surface area contributed by atoms with Crippen LogP contribution in [-0.4, -0.2) is 14.4 Å². The van der Waals surface area contributed by atoms with E-state index in [-0.39, 0.29) is 0 Å². The number of imidazole rings is 1. The first-order chi connectivity index (χ1) is 26.3. The minimum Gasteiger partial charge on any atom is -0.290 e. The van der Waals surface area contributed by atoms with Crippen LogP contribution in [0.5, 0.6) is 0 Å². The molecule has 0 amide bonds. The van der Waals surface area contributed by atoms with Gasteiger partial charge in [-0.3, -0.25) is 9.38 Å². The second-order valence-corrected chi connectivity index (χ2v) is 15.2. The van der Waals surface area contributed by atoms with E-state index >= 15 is 0 Å². The van der Waals surface area contributed by atoms with Crippen LogP contribution in [-0.2, 0) is 5.41 Å². The molecule has 12 rings (SSSR count). The van der Waals surface area contributed by atoms with Crippen LogP contribution in [0.1, 0.15) is 22.3 Å².